The summed E-state index contributed by atoms with van der Waals surface area (Å²) in [5.41, 5.74) is 16.1. The largest absolute Gasteiger partial charge is 0.0726 e. The van der Waals surface area contributed by atoms with Crippen LogP contribution >= 0.6 is 0 Å². The topological polar surface area (TPSA) is 0 Å². The Hall–Kier alpha value is -2.86. The predicted octanol–water partition coefficient (Wildman–Crippen LogP) is 8.78. The molecule has 4 rings (SSSR count). The highest BCUT2D eigenvalue weighted by Gasteiger charge is 2.46. The van der Waals surface area contributed by atoms with Crippen LogP contribution in [0.15, 0.2) is 77.4 Å². The second-order valence-electron chi connectivity index (χ2n) is 10.6. The Balaban J connectivity index is 2.24. The Kier molecular flexibility index (Phi) is 5.99. The molecular formula is C33H38. The fraction of sp³-hybridized carbons (Fsp3) is 0.333. The van der Waals surface area contributed by atoms with Crippen LogP contribution in [0.3, 0.4) is 0 Å². The zero-order valence-electron chi connectivity index (χ0n) is 21.9. The maximum absolute atomic E-state index is 2.53. The summed E-state index contributed by atoms with van der Waals surface area (Å²) in [6.45, 7) is 20.3. The lowest BCUT2D eigenvalue weighted by molar-refractivity contribution is 0.504. The first-order valence-corrected chi connectivity index (χ1v) is 12.1. The zero-order valence-corrected chi connectivity index (χ0v) is 21.9. The van der Waals surface area contributed by atoms with Gasteiger partial charge in [-0.05, 0) is 84.6 Å². The maximum Gasteiger partial charge on any atom is 0.0551 e. The van der Waals surface area contributed by atoms with Gasteiger partial charge in [-0.3, -0.25) is 0 Å². The minimum absolute atomic E-state index is 0.265. The summed E-state index contributed by atoms with van der Waals surface area (Å²) in [5.74, 6) is 0.265. The van der Waals surface area contributed by atoms with Gasteiger partial charge < -0.3 is 0 Å². The molecule has 0 aliphatic heterocycles. The summed E-state index contributed by atoms with van der Waals surface area (Å²) in [7, 11) is 0. The van der Waals surface area contributed by atoms with Crippen molar-refractivity contribution in [1.29, 1.82) is 0 Å². The monoisotopic (exact) mass is 434 g/mol. The molecule has 3 aromatic rings. The Morgan fingerprint density at radius 3 is 1.00 bits per heavy atom. The van der Waals surface area contributed by atoms with Crippen molar-refractivity contribution in [1.82, 2.24) is 0 Å². The van der Waals surface area contributed by atoms with E-state index in [-0.39, 0.29) is 11.3 Å². The van der Waals surface area contributed by atoms with E-state index in [9.17, 15) is 0 Å². The third-order valence-electron chi connectivity index (χ3n) is 7.56. The van der Waals surface area contributed by atoms with Gasteiger partial charge in [0.15, 0.2) is 0 Å². The molecule has 0 spiro atoms. The molecule has 0 saturated heterocycles. The van der Waals surface area contributed by atoms with E-state index in [1.807, 2.05) is 0 Å². The minimum atomic E-state index is -0.298. The first-order chi connectivity index (χ1) is 15.5. The number of allylic oxidation sites excluding steroid dienone is 4. The van der Waals surface area contributed by atoms with Gasteiger partial charge in [-0.25, -0.2) is 0 Å². The molecule has 0 nitrogen and oxygen atoms in total. The summed E-state index contributed by atoms with van der Waals surface area (Å²) >= 11 is 0. The molecule has 0 saturated carbocycles. The predicted molar refractivity (Wildman–Crippen MR) is 143 cm³/mol. The summed E-state index contributed by atoms with van der Waals surface area (Å²) < 4.78 is 0. The van der Waals surface area contributed by atoms with Crippen molar-refractivity contribution in [3.8, 4) is 0 Å². The highest BCUT2D eigenvalue weighted by Crippen LogP contribution is 2.53. The van der Waals surface area contributed by atoms with Crippen LogP contribution in [0.4, 0.5) is 0 Å². The molecule has 170 valence electrons. The third kappa shape index (κ3) is 4.01. The van der Waals surface area contributed by atoms with E-state index in [0.717, 1.165) is 0 Å². The molecule has 3 aromatic carbocycles. The van der Waals surface area contributed by atoms with Gasteiger partial charge in [0.05, 0.1) is 5.41 Å². The van der Waals surface area contributed by atoms with Crippen molar-refractivity contribution in [2.75, 3.05) is 0 Å². The maximum atomic E-state index is 2.53. The van der Waals surface area contributed by atoms with Crippen molar-refractivity contribution in [2.24, 2.45) is 5.92 Å². The van der Waals surface area contributed by atoms with Crippen LogP contribution in [0.25, 0.3) is 0 Å². The molecule has 0 aromatic heterocycles. The van der Waals surface area contributed by atoms with Gasteiger partial charge in [0.2, 0.25) is 0 Å². The number of aryl methyl sites for hydroxylation is 6. The molecule has 33 heavy (non-hydrogen) atoms. The molecule has 1 atom stereocenters. The highest BCUT2D eigenvalue weighted by molar-refractivity contribution is 5.61. The average Bonchev–Trinajstić information content (AvgIpc) is 2.94. The van der Waals surface area contributed by atoms with Crippen LogP contribution in [-0.4, -0.2) is 0 Å². The van der Waals surface area contributed by atoms with Crippen molar-refractivity contribution in [3.05, 3.63) is 127 Å². The normalized spacial score (nSPS) is 16.4. The van der Waals surface area contributed by atoms with Crippen LogP contribution in [0.2, 0.25) is 0 Å². The molecule has 0 amide bonds. The Bertz CT molecular complexity index is 1110. The first kappa shape index (κ1) is 23.3. The summed E-state index contributed by atoms with van der Waals surface area (Å²) in [6.07, 6.45) is 2.53. The standard InChI is InChI=1S/C33H38/c1-20-10-21(2)14-29(13-20)33(30-15-22(3)11-23(4)16-30,31-17-24(5)12-25(6)18-31)32-19-26(7)27(8)28(32)9/h10-19,32H,1-9H3. The fourth-order valence-corrected chi connectivity index (χ4v) is 6.14. The summed E-state index contributed by atoms with van der Waals surface area (Å²) in [4.78, 5) is 0. The molecule has 0 radical (unpaired) electrons. The van der Waals surface area contributed by atoms with E-state index in [0.29, 0.717) is 0 Å². The van der Waals surface area contributed by atoms with Gasteiger partial charge in [0.1, 0.15) is 0 Å². The zero-order chi connectivity index (χ0) is 24.1. The Morgan fingerprint density at radius 1 is 0.455 bits per heavy atom. The van der Waals surface area contributed by atoms with Crippen molar-refractivity contribution < 1.29 is 0 Å². The van der Waals surface area contributed by atoms with E-state index in [4.69, 9.17) is 0 Å². The van der Waals surface area contributed by atoms with Crippen LogP contribution in [0.5, 0.6) is 0 Å². The molecule has 0 bridgehead atoms. The Morgan fingerprint density at radius 2 is 0.758 bits per heavy atom. The second kappa shape index (κ2) is 8.49. The molecule has 0 heteroatoms. The van der Waals surface area contributed by atoms with Crippen LogP contribution in [0.1, 0.15) is 70.8 Å². The molecule has 0 fully saturated rings. The molecule has 0 heterocycles. The van der Waals surface area contributed by atoms with E-state index >= 15 is 0 Å². The number of hydrogen-bond donors (Lipinski definition) is 0. The average molecular weight is 435 g/mol. The lowest BCUT2D eigenvalue weighted by Gasteiger charge is -2.42. The molecular weight excluding hydrogens is 396 g/mol. The Labute approximate surface area is 201 Å². The van der Waals surface area contributed by atoms with Gasteiger partial charge in [0, 0.05) is 5.92 Å². The third-order valence-corrected chi connectivity index (χ3v) is 7.56. The molecule has 0 N–H and O–H groups in total. The molecule has 1 aliphatic rings. The van der Waals surface area contributed by atoms with E-state index in [1.165, 1.54) is 66.8 Å². The fourth-order valence-electron chi connectivity index (χ4n) is 6.14. The van der Waals surface area contributed by atoms with Crippen molar-refractivity contribution in [2.45, 2.75) is 67.7 Å². The highest BCUT2D eigenvalue weighted by atomic mass is 14.5. The van der Waals surface area contributed by atoms with E-state index < -0.39 is 0 Å². The van der Waals surface area contributed by atoms with Gasteiger partial charge in [0.25, 0.3) is 0 Å². The number of rotatable bonds is 4. The smallest absolute Gasteiger partial charge is 0.0551 e. The minimum Gasteiger partial charge on any atom is -0.0726 e. The molecule has 1 aliphatic carbocycles. The van der Waals surface area contributed by atoms with Gasteiger partial charge >= 0.3 is 0 Å². The van der Waals surface area contributed by atoms with Crippen LogP contribution in [-0.2, 0) is 5.41 Å². The van der Waals surface area contributed by atoms with Crippen molar-refractivity contribution >= 4 is 0 Å². The summed E-state index contributed by atoms with van der Waals surface area (Å²) in [5, 5.41) is 0. The SMILES string of the molecule is CC1=CC(C(c2cc(C)cc(C)c2)(c2cc(C)cc(C)c2)c2cc(C)cc(C)c2)C(C)=C1C. The lowest BCUT2D eigenvalue weighted by atomic mass is 9.59. The second-order valence-corrected chi connectivity index (χ2v) is 10.6. The van der Waals surface area contributed by atoms with Crippen molar-refractivity contribution in [3.63, 3.8) is 0 Å². The first-order valence-electron chi connectivity index (χ1n) is 12.1. The quantitative estimate of drug-likeness (QED) is 0.360. The van der Waals surface area contributed by atoms with Gasteiger partial charge in [-0.15, -0.1) is 0 Å². The van der Waals surface area contributed by atoms with Crippen LogP contribution < -0.4 is 0 Å². The number of benzene rings is 3. The van der Waals surface area contributed by atoms with Gasteiger partial charge in [-0.2, -0.15) is 0 Å². The van der Waals surface area contributed by atoms with E-state index in [1.54, 1.807) is 0 Å². The number of hydrogen-bond acceptors (Lipinski definition) is 0. The lowest BCUT2D eigenvalue weighted by Crippen LogP contribution is -2.38. The summed E-state index contributed by atoms with van der Waals surface area (Å²) in [6, 6.07) is 21.4. The van der Waals surface area contributed by atoms with Gasteiger partial charge in [-0.1, -0.05) is 105 Å². The molecule has 1 unspecified atom stereocenters. The van der Waals surface area contributed by atoms with Crippen LogP contribution in [0, 0.1) is 47.5 Å². The van der Waals surface area contributed by atoms with E-state index in [2.05, 4.69) is 123 Å².